The van der Waals surface area contributed by atoms with Crippen LogP contribution in [0.2, 0.25) is 0 Å². The van der Waals surface area contributed by atoms with Gasteiger partial charge < -0.3 is 24.8 Å². The maximum atomic E-state index is 13.2. The summed E-state index contributed by atoms with van der Waals surface area (Å²) in [7, 11) is 3.39. The molecule has 1 aromatic carbocycles. The highest BCUT2D eigenvalue weighted by atomic mass is 16.5. The number of benzene rings is 1. The molecule has 3 heterocycles. The highest BCUT2D eigenvalue weighted by Gasteiger charge is 2.33. The number of hydrogen-bond acceptors (Lipinski definition) is 7. The second-order valence-corrected chi connectivity index (χ2v) is 8.88. The van der Waals surface area contributed by atoms with E-state index < -0.39 is 17.6 Å². The van der Waals surface area contributed by atoms with E-state index in [-0.39, 0.29) is 18.2 Å². The van der Waals surface area contributed by atoms with Gasteiger partial charge in [-0.2, -0.15) is 5.10 Å². The number of pyridine rings is 1. The predicted molar refractivity (Wildman–Crippen MR) is 130 cm³/mol. The van der Waals surface area contributed by atoms with E-state index >= 15 is 0 Å². The lowest BCUT2D eigenvalue weighted by Gasteiger charge is -2.30. The molecule has 1 saturated carbocycles. The number of nitrogens with zero attached hydrogens (tertiary/aromatic N) is 4. The van der Waals surface area contributed by atoms with Crippen LogP contribution in [0, 0.1) is 11.8 Å². The molecule has 36 heavy (non-hydrogen) atoms. The predicted octanol–water partition coefficient (Wildman–Crippen LogP) is 2.03. The summed E-state index contributed by atoms with van der Waals surface area (Å²) in [5, 5.41) is 17.0. The van der Waals surface area contributed by atoms with E-state index in [0.717, 1.165) is 6.42 Å². The van der Waals surface area contributed by atoms with Crippen LogP contribution in [0.5, 0.6) is 17.2 Å². The number of aliphatic hydroxyl groups is 1. The van der Waals surface area contributed by atoms with Crippen LogP contribution in [-0.4, -0.2) is 57.0 Å². The number of nitrogens with one attached hydrogen (secondary N) is 1. The highest BCUT2D eigenvalue weighted by Crippen LogP contribution is 2.33. The molecular weight excluding hydrogens is 462 g/mol. The number of carbonyl (C=O) groups is 2. The number of hydrogen-bond donors (Lipinski definition) is 2. The van der Waals surface area contributed by atoms with Gasteiger partial charge in [-0.1, -0.05) is 11.8 Å². The van der Waals surface area contributed by atoms with Crippen molar-refractivity contribution in [2.24, 2.45) is 7.05 Å². The van der Waals surface area contributed by atoms with Gasteiger partial charge in [-0.25, -0.2) is 0 Å². The number of carbonyl (C=O) groups excluding carboxylic acids is 2. The highest BCUT2D eigenvalue weighted by molar-refractivity contribution is 6.03. The van der Waals surface area contributed by atoms with Crippen LogP contribution >= 0.6 is 0 Å². The average molecular weight is 488 g/mol. The molecule has 0 saturated heterocycles. The number of aromatic nitrogens is 3. The Balaban J connectivity index is 1.29. The number of anilines is 1. The van der Waals surface area contributed by atoms with Crippen LogP contribution in [0.4, 0.5) is 5.69 Å². The Morgan fingerprint density at radius 2 is 2.08 bits per heavy atom. The zero-order valence-electron chi connectivity index (χ0n) is 19.9. The molecule has 0 spiro atoms. The largest absolute Gasteiger partial charge is 0.489 e. The Kier molecular flexibility index (Phi) is 6.08. The number of likely N-dealkylation sites (N-methyl/N-ethyl adjacent to an activating group) is 1. The van der Waals surface area contributed by atoms with E-state index in [4.69, 9.17) is 9.47 Å². The summed E-state index contributed by atoms with van der Waals surface area (Å²) in [6, 6.07) is 7.45. The molecular formula is C26H25N5O5. The van der Waals surface area contributed by atoms with Gasteiger partial charge in [0.2, 0.25) is 0 Å². The third-order valence-corrected chi connectivity index (χ3v) is 6.16. The van der Waals surface area contributed by atoms with Crippen molar-refractivity contribution in [1.29, 1.82) is 0 Å². The Labute approximate surface area is 207 Å². The van der Waals surface area contributed by atoms with E-state index in [1.165, 1.54) is 17.2 Å². The van der Waals surface area contributed by atoms with E-state index in [9.17, 15) is 14.7 Å². The molecule has 0 bridgehead atoms. The lowest BCUT2D eigenvalue weighted by Crippen LogP contribution is -2.49. The summed E-state index contributed by atoms with van der Waals surface area (Å²) < 4.78 is 13.2. The average Bonchev–Trinajstić information content (AvgIpc) is 3.23. The van der Waals surface area contributed by atoms with Gasteiger partial charge in [-0.3, -0.25) is 19.3 Å². The molecule has 3 aromatic rings. The first-order valence-corrected chi connectivity index (χ1v) is 11.5. The molecule has 1 fully saturated rings. The van der Waals surface area contributed by atoms with Crippen molar-refractivity contribution in [1.82, 2.24) is 20.1 Å². The molecule has 1 aliphatic carbocycles. The van der Waals surface area contributed by atoms with Crippen molar-refractivity contribution >= 4 is 17.5 Å². The van der Waals surface area contributed by atoms with Crippen LogP contribution in [0.1, 0.15) is 35.3 Å². The molecule has 2 aromatic heterocycles. The minimum atomic E-state index is -0.926. The van der Waals surface area contributed by atoms with Crippen LogP contribution in [0.3, 0.4) is 0 Å². The van der Waals surface area contributed by atoms with Gasteiger partial charge in [0.1, 0.15) is 35.4 Å². The standard InChI is InChI=1S/C26H25N5O5/c1-30-15-19(14-28-30)36-18-7-11-27-20(13-18)24(32)29-21-16-35-23-5-4-17(6-10-26(34)8-3-9-26)12-22(23)31(2)25(21)33/h4-5,7,11-15,21,34H,3,8-9,16H2,1-2H3,(H,29,32). The Morgan fingerprint density at radius 1 is 1.25 bits per heavy atom. The fourth-order valence-corrected chi connectivity index (χ4v) is 3.92. The summed E-state index contributed by atoms with van der Waals surface area (Å²) in [6.45, 7) is -0.0431. The number of amides is 2. The minimum absolute atomic E-state index is 0.0431. The minimum Gasteiger partial charge on any atom is -0.489 e. The SMILES string of the molecule is CN1C(=O)C(NC(=O)c2cc(Oc3cnn(C)c3)ccn2)COc2ccc(C#CC3(O)CCC3)cc21. The smallest absolute Gasteiger partial charge is 0.270 e. The van der Waals surface area contributed by atoms with Crippen LogP contribution in [0.15, 0.2) is 48.9 Å². The zero-order chi connectivity index (χ0) is 25.3. The quantitative estimate of drug-likeness (QED) is 0.541. The van der Waals surface area contributed by atoms with Crippen LogP contribution < -0.4 is 19.7 Å². The van der Waals surface area contributed by atoms with Crippen molar-refractivity contribution in [3.8, 4) is 29.1 Å². The summed E-state index contributed by atoms with van der Waals surface area (Å²) in [5.41, 5.74) is 0.373. The number of fused-ring (bicyclic) bond motifs is 1. The number of aryl methyl sites for hydroxylation is 1. The zero-order valence-corrected chi connectivity index (χ0v) is 19.9. The van der Waals surface area contributed by atoms with Gasteiger partial charge in [-0.05, 0) is 43.5 Å². The maximum absolute atomic E-state index is 13.2. The molecule has 2 N–H and O–H groups in total. The summed E-state index contributed by atoms with van der Waals surface area (Å²) >= 11 is 0. The van der Waals surface area contributed by atoms with E-state index in [1.54, 1.807) is 55.4 Å². The number of rotatable bonds is 4. The summed E-state index contributed by atoms with van der Waals surface area (Å²) in [6.07, 6.45) is 7.01. The van der Waals surface area contributed by atoms with Gasteiger partial charge in [0.15, 0.2) is 5.75 Å². The topological polar surface area (TPSA) is 119 Å². The first-order chi connectivity index (χ1) is 17.3. The first kappa shape index (κ1) is 23.4. The molecule has 10 nitrogen and oxygen atoms in total. The molecule has 1 unspecified atom stereocenters. The normalized spacial score (nSPS) is 18.0. The van der Waals surface area contributed by atoms with E-state index in [1.807, 2.05) is 0 Å². The van der Waals surface area contributed by atoms with Crippen molar-refractivity contribution in [2.45, 2.75) is 30.9 Å². The van der Waals surface area contributed by atoms with Gasteiger partial charge in [0.05, 0.1) is 18.1 Å². The Hall–Kier alpha value is -4.36. The monoisotopic (exact) mass is 487 g/mol. The van der Waals surface area contributed by atoms with Crippen LogP contribution in [0.25, 0.3) is 0 Å². The summed E-state index contributed by atoms with van der Waals surface area (Å²) in [4.78, 5) is 31.6. The van der Waals surface area contributed by atoms with Crippen molar-refractivity contribution in [3.05, 3.63) is 60.2 Å². The third kappa shape index (κ3) is 4.87. The molecule has 184 valence electrons. The fourth-order valence-electron chi connectivity index (χ4n) is 3.92. The Morgan fingerprint density at radius 3 is 2.81 bits per heavy atom. The van der Waals surface area contributed by atoms with Crippen molar-refractivity contribution < 1.29 is 24.2 Å². The molecule has 0 radical (unpaired) electrons. The second kappa shape index (κ2) is 9.36. The third-order valence-electron chi connectivity index (χ3n) is 6.16. The number of ether oxygens (including phenoxy) is 2. The van der Waals surface area contributed by atoms with Gasteiger partial charge in [0, 0.05) is 31.9 Å². The van der Waals surface area contributed by atoms with Gasteiger partial charge in [0.25, 0.3) is 11.8 Å². The maximum Gasteiger partial charge on any atom is 0.270 e. The van der Waals surface area contributed by atoms with E-state index in [2.05, 4.69) is 27.2 Å². The summed E-state index contributed by atoms with van der Waals surface area (Å²) in [5.74, 6) is 6.47. The first-order valence-electron chi connectivity index (χ1n) is 11.5. The molecule has 2 aliphatic rings. The lowest BCUT2D eigenvalue weighted by molar-refractivity contribution is -0.120. The van der Waals surface area contributed by atoms with Gasteiger partial charge >= 0.3 is 0 Å². The molecule has 5 rings (SSSR count). The van der Waals surface area contributed by atoms with E-state index in [0.29, 0.717) is 41.3 Å². The van der Waals surface area contributed by atoms with Crippen molar-refractivity contribution in [3.63, 3.8) is 0 Å². The molecule has 10 heteroatoms. The van der Waals surface area contributed by atoms with Crippen LogP contribution in [-0.2, 0) is 11.8 Å². The lowest BCUT2D eigenvalue weighted by atomic mass is 9.81. The second-order valence-electron chi connectivity index (χ2n) is 8.88. The molecule has 2 amide bonds. The Bertz CT molecular complexity index is 1380. The molecule has 1 aliphatic heterocycles. The fraction of sp³-hybridized carbons (Fsp3) is 0.308. The molecule has 1 atom stereocenters. The van der Waals surface area contributed by atoms with Crippen molar-refractivity contribution in [2.75, 3.05) is 18.6 Å². The van der Waals surface area contributed by atoms with Gasteiger partial charge in [-0.15, -0.1) is 0 Å².